The van der Waals surface area contributed by atoms with Gasteiger partial charge in [-0.15, -0.1) is 0 Å². The van der Waals surface area contributed by atoms with E-state index in [2.05, 4.69) is 43.6 Å². The topological polar surface area (TPSA) is 52.5 Å². The molecule has 5 nitrogen and oxygen atoms in total. The molecule has 4 unspecified atom stereocenters. The third kappa shape index (κ3) is 3.11. The molecule has 31 heavy (non-hydrogen) atoms. The van der Waals surface area contributed by atoms with Crippen molar-refractivity contribution in [2.24, 2.45) is 16.7 Å². The van der Waals surface area contributed by atoms with Gasteiger partial charge in [-0.05, 0) is 61.8 Å². The summed E-state index contributed by atoms with van der Waals surface area (Å²) in [5, 5.41) is 4.48. The van der Waals surface area contributed by atoms with Crippen LogP contribution in [0.25, 0.3) is 10.9 Å². The van der Waals surface area contributed by atoms with E-state index in [1.807, 2.05) is 12.1 Å². The Balaban J connectivity index is 1.55. The molecule has 2 aliphatic carbocycles. The van der Waals surface area contributed by atoms with E-state index in [1.54, 1.807) is 7.11 Å². The second-order valence-electron chi connectivity index (χ2n) is 10.9. The smallest absolute Gasteiger partial charge is 0.253 e. The van der Waals surface area contributed by atoms with Crippen molar-refractivity contribution in [3.05, 3.63) is 29.5 Å². The minimum Gasteiger partial charge on any atom is -0.495 e. The van der Waals surface area contributed by atoms with Crippen molar-refractivity contribution < 1.29 is 14.3 Å². The molecule has 1 saturated heterocycles. The van der Waals surface area contributed by atoms with Crippen molar-refractivity contribution in [3.8, 4) is 5.75 Å². The highest BCUT2D eigenvalue weighted by Crippen LogP contribution is 2.62. The third-order valence-corrected chi connectivity index (χ3v) is 8.71. The van der Waals surface area contributed by atoms with Gasteiger partial charge in [0.05, 0.1) is 24.3 Å². The molecule has 1 aromatic carbocycles. The van der Waals surface area contributed by atoms with Crippen molar-refractivity contribution in [2.75, 3.05) is 13.7 Å². The van der Waals surface area contributed by atoms with Crippen molar-refractivity contribution in [1.82, 2.24) is 9.88 Å². The lowest BCUT2D eigenvalue weighted by atomic mass is 9.68. The number of carbonyl (C=O) groups excluding carboxylic acids is 1. The summed E-state index contributed by atoms with van der Waals surface area (Å²) in [6.07, 6.45) is 6.07. The van der Waals surface area contributed by atoms with Crippen molar-refractivity contribution in [2.45, 2.75) is 78.5 Å². The van der Waals surface area contributed by atoms with Gasteiger partial charge in [-0.1, -0.05) is 32.9 Å². The van der Waals surface area contributed by atoms with E-state index in [0.29, 0.717) is 5.92 Å². The quantitative estimate of drug-likeness (QED) is 0.728. The second kappa shape index (κ2) is 7.26. The number of carbonyl (C=O) groups is 1. The Hall–Kier alpha value is -2.01. The number of rotatable bonds is 5. The number of para-hydroxylation sites is 1. The van der Waals surface area contributed by atoms with E-state index in [0.717, 1.165) is 53.9 Å². The van der Waals surface area contributed by atoms with Gasteiger partial charge in [0.25, 0.3) is 5.91 Å². The molecule has 0 radical (unpaired) electrons. The Bertz CT molecular complexity index is 1010. The van der Waals surface area contributed by atoms with Crippen LogP contribution in [-0.4, -0.2) is 36.3 Å². The van der Waals surface area contributed by atoms with Gasteiger partial charge in [0, 0.05) is 30.3 Å². The maximum atomic E-state index is 13.8. The highest BCUT2D eigenvalue weighted by Gasteiger charge is 2.59. The van der Waals surface area contributed by atoms with Crippen LogP contribution in [0.2, 0.25) is 0 Å². The van der Waals surface area contributed by atoms with Crippen LogP contribution in [0, 0.1) is 23.7 Å². The molecule has 3 fully saturated rings. The van der Waals surface area contributed by atoms with Gasteiger partial charge >= 0.3 is 0 Å². The van der Waals surface area contributed by atoms with Crippen LogP contribution in [-0.2, 0) is 11.3 Å². The number of nitrogens with zero attached hydrogens (tertiary/aromatic N) is 1. The molecule has 168 valence electrons. The average Bonchev–Trinajstić information content (AvgIpc) is 3.48. The van der Waals surface area contributed by atoms with E-state index in [4.69, 9.17) is 9.47 Å². The van der Waals surface area contributed by atoms with Crippen LogP contribution in [0.5, 0.6) is 5.75 Å². The summed E-state index contributed by atoms with van der Waals surface area (Å²) in [5.41, 5.74) is 3.12. The summed E-state index contributed by atoms with van der Waals surface area (Å²) in [6.45, 7) is 10.7. The van der Waals surface area contributed by atoms with Gasteiger partial charge in [0.1, 0.15) is 5.75 Å². The predicted octanol–water partition coefficient (Wildman–Crippen LogP) is 5.08. The van der Waals surface area contributed by atoms with Crippen molar-refractivity contribution in [1.29, 1.82) is 0 Å². The van der Waals surface area contributed by atoms with E-state index < -0.39 is 0 Å². The zero-order valence-electron chi connectivity index (χ0n) is 19.6. The highest BCUT2D eigenvalue weighted by molar-refractivity contribution is 6.10. The first kappa shape index (κ1) is 20.9. The zero-order valence-corrected chi connectivity index (χ0v) is 19.6. The first-order valence-electron chi connectivity index (χ1n) is 11.8. The number of aromatic nitrogens is 1. The van der Waals surface area contributed by atoms with Gasteiger partial charge in [0.2, 0.25) is 0 Å². The van der Waals surface area contributed by atoms with Crippen LogP contribution < -0.4 is 10.1 Å². The van der Waals surface area contributed by atoms with Gasteiger partial charge in [-0.25, -0.2) is 0 Å². The molecular formula is C26H36N2O3. The fraction of sp³-hybridized carbons (Fsp3) is 0.654. The van der Waals surface area contributed by atoms with Crippen molar-refractivity contribution >= 4 is 16.8 Å². The standard InChI is InChI=1S/C26H36N2O3/c1-16-21(23(29)27-24-25(2,3)17-11-12-26(24,4)14-17)19-9-6-10-20(30-5)22(19)28(16)15-18-8-7-13-31-18/h6,9-10,17-18,24H,7-8,11-15H2,1-5H3,(H,27,29). The van der Waals surface area contributed by atoms with Gasteiger partial charge in [-0.3, -0.25) is 4.79 Å². The second-order valence-corrected chi connectivity index (χ2v) is 10.9. The lowest BCUT2D eigenvalue weighted by molar-refractivity contribution is 0.0737. The highest BCUT2D eigenvalue weighted by atomic mass is 16.5. The fourth-order valence-electron chi connectivity index (χ4n) is 7.04. The molecule has 5 heteroatoms. The number of amides is 1. The van der Waals surface area contributed by atoms with Gasteiger partial charge in [0.15, 0.2) is 0 Å². The van der Waals surface area contributed by atoms with Crippen molar-refractivity contribution in [3.63, 3.8) is 0 Å². The van der Waals surface area contributed by atoms with Crippen LogP contribution in [0.15, 0.2) is 18.2 Å². The Kier molecular flexibility index (Phi) is 4.89. The molecule has 0 spiro atoms. The monoisotopic (exact) mass is 424 g/mol. The summed E-state index contributed by atoms with van der Waals surface area (Å²) < 4.78 is 13.9. The zero-order chi connectivity index (χ0) is 22.0. The van der Waals surface area contributed by atoms with Crippen LogP contribution in [0.1, 0.15) is 68.9 Å². The van der Waals surface area contributed by atoms with E-state index in [-0.39, 0.29) is 28.9 Å². The van der Waals surface area contributed by atoms with Crippen LogP contribution in [0.3, 0.4) is 0 Å². The molecule has 1 aliphatic heterocycles. The van der Waals surface area contributed by atoms with Gasteiger partial charge in [-0.2, -0.15) is 0 Å². The molecule has 5 rings (SSSR count). The number of benzene rings is 1. The van der Waals surface area contributed by atoms with E-state index in [1.165, 1.54) is 19.3 Å². The number of methoxy groups -OCH3 is 1. The molecule has 3 aliphatic rings. The van der Waals surface area contributed by atoms with Gasteiger partial charge < -0.3 is 19.4 Å². The maximum absolute atomic E-state index is 13.8. The summed E-state index contributed by atoms with van der Waals surface area (Å²) in [5.74, 6) is 1.56. The molecule has 1 N–H and O–H groups in total. The first-order chi connectivity index (χ1) is 14.8. The number of hydrogen-bond acceptors (Lipinski definition) is 3. The number of nitrogens with one attached hydrogen (secondary N) is 1. The molecule has 1 amide bonds. The summed E-state index contributed by atoms with van der Waals surface area (Å²) >= 11 is 0. The molecule has 2 heterocycles. The number of ether oxygens (including phenoxy) is 2. The SMILES string of the molecule is COc1cccc2c(C(=O)NC3C4(C)CCC(C4)C3(C)C)c(C)n(CC3CCCO3)c12. The van der Waals surface area contributed by atoms with E-state index in [9.17, 15) is 4.79 Å². The molecule has 2 saturated carbocycles. The fourth-order valence-corrected chi connectivity index (χ4v) is 7.04. The normalized spacial score (nSPS) is 31.5. The number of fused-ring (bicyclic) bond motifs is 3. The molecular weight excluding hydrogens is 388 g/mol. The minimum absolute atomic E-state index is 0.0497. The summed E-state index contributed by atoms with van der Waals surface area (Å²) in [6, 6.07) is 6.22. The summed E-state index contributed by atoms with van der Waals surface area (Å²) in [7, 11) is 1.70. The number of hydrogen-bond donors (Lipinski definition) is 1. The Morgan fingerprint density at radius 1 is 1.29 bits per heavy atom. The molecule has 2 aromatic rings. The Labute approximate surface area is 185 Å². The Morgan fingerprint density at radius 2 is 2.10 bits per heavy atom. The van der Waals surface area contributed by atoms with Crippen LogP contribution in [0.4, 0.5) is 0 Å². The third-order valence-electron chi connectivity index (χ3n) is 8.71. The lowest BCUT2D eigenvalue weighted by Crippen LogP contribution is -2.52. The van der Waals surface area contributed by atoms with Crippen LogP contribution >= 0.6 is 0 Å². The average molecular weight is 425 g/mol. The minimum atomic E-state index is 0.0497. The Morgan fingerprint density at radius 3 is 2.74 bits per heavy atom. The molecule has 4 atom stereocenters. The lowest BCUT2D eigenvalue weighted by Gasteiger charge is -2.43. The largest absolute Gasteiger partial charge is 0.495 e. The molecule has 1 aromatic heterocycles. The summed E-state index contributed by atoms with van der Waals surface area (Å²) in [4.78, 5) is 13.8. The maximum Gasteiger partial charge on any atom is 0.253 e. The van der Waals surface area contributed by atoms with E-state index >= 15 is 0 Å². The molecule has 2 bridgehead atoms. The predicted molar refractivity (Wildman–Crippen MR) is 123 cm³/mol. The first-order valence-corrected chi connectivity index (χ1v) is 11.8.